The lowest BCUT2D eigenvalue weighted by atomic mass is 9.96. The Hall–Kier alpha value is -1.46. The molecule has 0 saturated heterocycles. The first-order chi connectivity index (χ1) is 9.04. The van der Waals surface area contributed by atoms with E-state index in [9.17, 15) is 10.2 Å². The maximum atomic E-state index is 10.1. The first-order valence-electron chi connectivity index (χ1n) is 6.43. The number of ether oxygens (including phenoxy) is 2. The zero-order valence-corrected chi connectivity index (χ0v) is 11.7. The van der Waals surface area contributed by atoms with Gasteiger partial charge in [0.25, 0.3) is 0 Å². The molecule has 0 aliphatic rings. The lowest BCUT2D eigenvalue weighted by molar-refractivity contribution is 0.130. The van der Waals surface area contributed by atoms with Gasteiger partial charge in [0.15, 0.2) is 0 Å². The number of unbranched alkanes of at least 4 members (excludes halogenated alkanes) is 1. The average molecular weight is 269 g/mol. The predicted molar refractivity (Wildman–Crippen MR) is 73.7 cm³/mol. The summed E-state index contributed by atoms with van der Waals surface area (Å²) in [4.78, 5) is 0. The van der Waals surface area contributed by atoms with E-state index in [0.29, 0.717) is 23.5 Å². The topological polar surface area (TPSA) is 84.9 Å². The Morgan fingerprint density at radius 3 is 2.16 bits per heavy atom. The van der Waals surface area contributed by atoms with Crippen LogP contribution in [0, 0.1) is 0 Å². The number of aromatic hydroxyl groups is 1. The Morgan fingerprint density at radius 1 is 1.21 bits per heavy atom. The average Bonchev–Trinajstić information content (AvgIpc) is 2.42. The second kappa shape index (κ2) is 7.21. The summed E-state index contributed by atoms with van der Waals surface area (Å²) in [5, 5.41) is 19.7. The third kappa shape index (κ3) is 3.75. The van der Waals surface area contributed by atoms with E-state index in [4.69, 9.17) is 15.2 Å². The minimum Gasteiger partial charge on any atom is -0.508 e. The normalized spacial score (nSPS) is 13.9. The van der Waals surface area contributed by atoms with Crippen molar-refractivity contribution in [3.8, 4) is 17.2 Å². The summed E-state index contributed by atoms with van der Waals surface area (Å²) in [6, 6.07) is 2.31. The van der Waals surface area contributed by atoms with Crippen molar-refractivity contribution in [3.05, 3.63) is 17.7 Å². The van der Waals surface area contributed by atoms with Crippen LogP contribution in [0.3, 0.4) is 0 Å². The molecule has 0 bridgehead atoms. The Labute approximate surface area is 114 Å². The fraction of sp³-hybridized carbons (Fsp3) is 0.571. The van der Waals surface area contributed by atoms with Crippen molar-refractivity contribution in [2.24, 2.45) is 5.73 Å². The molecule has 108 valence electrons. The lowest BCUT2D eigenvalue weighted by Crippen LogP contribution is -2.27. The summed E-state index contributed by atoms with van der Waals surface area (Å²) in [7, 11) is 2.98. The van der Waals surface area contributed by atoms with Gasteiger partial charge in [0.1, 0.15) is 17.2 Å². The van der Waals surface area contributed by atoms with Gasteiger partial charge in [0, 0.05) is 12.1 Å². The molecule has 1 rings (SSSR count). The largest absolute Gasteiger partial charge is 0.508 e. The number of hydrogen-bond donors (Lipinski definition) is 3. The van der Waals surface area contributed by atoms with Crippen LogP contribution in [0.1, 0.15) is 37.8 Å². The monoisotopic (exact) mass is 269 g/mol. The maximum Gasteiger partial charge on any atom is 0.131 e. The third-order valence-corrected chi connectivity index (χ3v) is 3.13. The van der Waals surface area contributed by atoms with Gasteiger partial charge in [-0.3, -0.25) is 0 Å². The SMILES string of the molecule is CCCC[C@@H](O)[C@@H](N)c1c(OC)cc(O)cc1OC. The molecule has 2 atom stereocenters. The van der Waals surface area contributed by atoms with Gasteiger partial charge in [-0.05, 0) is 6.42 Å². The van der Waals surface area contributed by atoms with Crippen LogP contribution in [0.5, 0.6) is 17.2 Å². The number of aliphatic hydroxyl groups is 1. The van der Waals surface area contributed by atoms with Gasteiger partial charge in [0.05, 0.1) is 31.9 Å². The molecular weight excluding hydrogens is 246 g/mol. The number of hydrogen-bond acceptors (Lipinski definition) is 5. The smallest absolute Gasteiger partial charge is 0.131 e. The number of phenolic OH excluding ortho intramolecular Hbond substituents is 1. The Morgan fingerprint density at radius 2 is 1.74 bits per heavy atom. The highest BCUT2D eigenvalue weighted by atomic mass is 16.5. The highest BCUT2D eigenvalue weighted by Crippen LogP contribution is 2.38. The van der Waals surface area contributed by atoms with Crippen molar-refractivity contribution < 1.29 is 19.7 Å². The van der Waals surface area contributed by atoms with Crippen LogP contribution in [-0.2, 0) is 0 Å². The molecule has 0 spiro atoms. The minimum atomic E-state index is -0.674. The van der Waals surface area contributed by atoms with Crippen molar-refractivity contribution in [2.75, 3.05) is 14.2 Å². The standard InChI is InChI=1S/C14H23NO4/c1-4-5-6-10(17)14(15)13-11(18-2)7-9(16)8-12(13)19-3/h7-8,10,14,16-17H,4-6,15H2,1-3H3/t10-,14-/m1/s1. The molecule has 1 aromatic rings. The minimum absolute atomic E-state index is 0.0349. The summed E-state index contributed by atoms with van der Waals surface area (Å²) in [5.74, 6) is 0.868. The van der Waals surface area contributed by atoms with Crippen molar-refractivity contribution in [1.82, 2.24) is 0 Å². The number of aliphatic hydroxyl groups excluding tert-OH is 1. The van der Waals surface area contributed by atoms with Gasteiger partial charge >= 0.3 is 0 Å². The zero-order chi connectivity index (χ0) is 14.4. The van der Waals surface area contributed by atoms with E-state index in [1.54, 1.807) is 0 Å². The predicted octanol–water partition coefficient (Wildman–Crippen LogP) is 1.96. The molecule has 0 unspecified atom stereocenters. The summed E-state index contributed by atoms with van der Waals surface area (Å²) in [6.07, 6.45) is 1.84. The fourth-order valence-electron chi connectivity index (χ4n) is 2.04. The van der Waals surface area contributed by atoms with E-state index in [0.717, 1.165) is 12.8 Å². The molecule has 5 nitrogen and oxygen atoms in total. The zero-order valence-electron chi connectivity index (χ0n) is 11.7. The Kier molecular flexibility index (Phi) is 5.92. The second-order valence-corrected chi connectivity index (χ2v) is 4.50. The van der Waals surface area contributed by atoms with E-state index in [-0.39, 0.29) is 5.75 Å². The van der Waals surface area contributed by atoms with E-state index in [1.165, 1.54) is 26.4 Å². The molecule has 0 heterocycles. The second-order valence-electron chi connectivity index (χ2n) is 4.50. The van der Waals surface area contributed by atoms with Crippen LogP contribution in [0.25, 0.3) is 0 Å². The van der Waals surface area contributed by atoms with E-state index < -0.39 is 12.1 Å². The maximum absolute atomic E-state index is 10.1. The van der Waals surface area contributed by atoms with E-state index in [1.807, 2.05) is 0 Å². The number of rotatable bonds is 7. The van der Waals surface area contributed by atoms with Gasteiger partial charge in [-0.25, -0.2) is 0 Å². The van der Waals surface area contributed by atoms with Crippen molar-refractivity contribution >= 4 is 0 Å². The quantitative estimate of drug-likeness (QED) is 0.704. The first-order valence-corrected chi connectivity index (χ1v) is 6.43. The Bertz CT molecular complexity index is 383. The Balaban J connectivity index is 3.09. The van der Waals surface area contributed by atoms with Crippen LogP contribution < -0.4 is 15.2 Å². The highest BCUT2D eigenvalue weighted by molar-refractivity contribution is 5.52. The molecular formula is C14H23NO4. The van der Waals surface area contributed by atoms with Gasteiger partial charge < -0.3 is 25.4 Å². The van der Waals surface area contributed by atoms with Crippen LogP contribution in [0.2, 0.25) is 0 Å². The summed E-state index contributed by atoms with van der Waals surface area (Å²) < 4.78 is 10.4. The fourth-order valence-corrected chi connectivity index (χ4v) is 2.04. The molecule has 1 aromatic carbocycles. The molecule has 0 aliphatic heterocycles. The van der Waals surface area contributed by atoms with Crippen LogP contribution in [-0.4, -0.2) is 30.5 Å². The van der Waals surface area contributed by atoms with Gasteiger partial charge in [0.2, 0.25) is 0 Å². The van der Waals surface area contributed by atoms with Crippen molar-refractivity contribution in [3.63, 3.8) is 0 Å². The molecule has 0 aromatic heterocycles. The highest BCUT2D eigenvalue weighted by Gasteiger charge is 2.24. The molecule has 0 fully saturated rings. The summed E-state index contributed by atoms with van der Waals surface area (Å²) in [5.41, 5.74) is 6.67. The number of benzene rings is 1. The van der Waals surface area contributed by atoms with Gasteiger partial charge in [-0.1, -0.05) is 19.8 Å². The molecule has 5 heteroatoms. The molecule has 0 aliphatic carbocycles. The van der Waals surface area contributed by atoms with Crippen LogP contribution in [0.4, 0.5) is 0 Å². The summed E-state index contributed by atoms with van der Waals surface area (Å²) >= 11 is 0. The van der Waals surface area contributed by atoms with Crippen LogP contribution >= 0.6 is 0 Å². The molecule has 4 N–H and O–H groups in total. The van der Waals surface area contributed by atoms with Crippen molar-refractivity contribution in [2.45, 2.75) is 38.3 Å². The number of phenols is 1. The van der Waals surface area contributed by atoms with Crippen molar-refractivity contribution in [1.29, 1.82) is 0 Å². The van der Waals surface area contributed by atoms with Crippen LogP contribution in [0.15, 0.2) is 12.1 Å². The number of methoxy groups -OCH3 is 2. The van der Waals surface area contributed by atoms with E-state index >= 15 is 0 Å². The molecule has 0 radical (unpaired) electrons. The summed E-state index contributed by atoms with van der Waals surface area (Å²) in [6.45, 7) is 2.06. The lowest BCUT2D eigenvalue weighted by Gasteiger charge is -2.23. The van der Waals surface area contributed by atoms with Gasteiger partial charge in [-0.15, -0.1) is 0 Å². The molecule has 19 heavy (non-hydrogen) atoms. The third-order valence-electron chi connectivity index (χ3n) is 3.13. The van der Waals surface area contributed by atoms with E-state index in [2.05, 4.69) is 6.92 Å². The molecule has 0 amide bonds. The number of nitrogens with two attached hydrogens (primary N) is 1. The first kappa shape index (κ1) is 15.6. The van der Waals surface area contributed by atoms with Gasteiger partial charge in [-0.2, -0.15) is 0 Å². The molecule has 0 saturated carbocycles.